The minimum atomic E-state index is -1.75. The predicted octanol–water partition coefficient (Wildman–Crippen LogP) is -5.91. The molecule has 0 bridgehead atoms. The van der Waals surface area contributed by atoms with Crippen LogP contribution in [0.4, 0.5) is 0 Å². The van der Waals surface area contributed by atoms with E-state index in [0.717, 1.165) is 0 Å². The van der Waals surface area contributed by atoms with E-state index in [1.54, 1.807) is 0 Å². The SMILES string of the molecule is O.O.O.O.O.O.O=[N+]([O-])[O-].O=[N+]([O-])[O-].O=[N+]([O-])[O-].O=[N+]([O-])[O-].[Co+2].[Zn+2]. The summed E-state index contributed by atoms with van der Waals surface area (Å²) in [4.78, 5) is 33.0. The molecule has 0 heterocycles. The largest absolute Gasteiger partial charge is 2.00 e. The van der Waals surface area contributed by atoms with Crippen LogP contribution in [-0.4, -0.2) is 53.2 Å². The molecule has 0 amide bonds. The minimum absolute atomic E-state index is 0. The van der Waals surface area contributed by atoms with E-state index >= 15 is 0 Å². The zero-order valence-corrected chi connectivity index (χ0v) is 14.7. The smallest absolute Gasteiger partial charge is 0.412 e. The fourth-order valence-corrected chi connectivity index (χ4v) is 0. The summed E-state index contributed by atoms with van der Waals surface area (Å²) in [6, 6.07) is 0. The molecule has 0 aliphatic rings. The molecule has 0 fully saturated rings. The Labute approximate surface area is 151 Å². The first-order chi connectivity index (χ1) is 6.93. The summed E-state index contributed by atoms with van der Waals surface area (Å²) in [6.45, 7) is 0. The Kier molecular flexibility index (Phi) is 352. The van der Waals surface area contributed by atoms with Gasteiger partial charge in [-0.15, -0.1) is 0 Å². The van der Waals surface area contributed by atoms with Crippen molar-refractivity contribution >= 4 is 0 Å². The first kappa shape index (κ1) is 98.9. The molecule has 0 aliphatic heterocycles. The van der Waals surface area contributed by atoms with Gasteiger partial charge in [0, 0.05) is 0 Å². The van der Waals surface area contributed by atoms with Gasteiger partial charge in [0.1, 0.15) is 0 Å². The quantitative estimate of drug-likeness (QED) is 0.177. The van der Waals surface area contributed by atoms with Crippen molar-refractivity contribution in [3.63, 3.8) is 0 Å². The topological polar surface area (TPSA) is 454 Å². The Morgan fingerprint density at radius 3 is 0.375 bits per heavy atom. The molecule has 0 aromatic carbocycles. The molecular formula is H12CoN4O18Zn. The summed E-state index contributed by atoms with van der Waals surface area (Å²) >= 11 is 0. The summed E-state index contributed by atoms with van der Waals surface area (Å²) in [5.74, 6) is 0. The van der Waals surface area contributed by atoms with Crippen LogP contribution in [0.2, 0.25) is 0 Å². The summed E-state index contributed by atoms with van der Waals surface area (Å²) in [5, 5.41) is 59.0. The Bertz CT molecular complexity index is 167. The third-order valence-electron chi connectivity index (χ3n) is 0. The maximum Gasteiger partial charge on any atom is 2.00 e. The fraction of sp³-hybridized carbons (Fsp3) is 0. The molecule has 1 radical (unpaired) electrons. The fourth-order valence-electron chi connectivity index (χ4n) is 0. The summed E-state index contributed by atoms with van der Waals surface area (Å²) < 4.78 is 0. The molecule has 0 unspecified atom stereocenters. The second-order valence-electron chi connectivity index (χ2n) is 0.894. The first-order valence-electron chi connectivity index (χ1n) is 2.19. The molecule has 0 aliphatic carbocycles. The second kappa shape index (κ2) is 85.4. The first-order valence-corrected chi connectivity index (χ1v) is 2.19. The predicted molar refractivity (Wildman–Crippen MR) is 63.1 cm³/mol. The number of hydrogen-bond acceptors (Lipinski definition) is 12. The maximum absolute atomic E-state index is 8.25. The standard InChI is InChI=1S/Co.4NO3.6H2O.Zn/c;4*2-1(3)4;;;;;;;/h;;;;;6*1H2;/q+2;4*-1;;;;;;;+2. The van der Waals surface area contributed by atoms with Gasteiger partial charge in [0.05, 0.1) is 20.3 Å². The molecular weight excluding hydrogens is 468 g/mol. The molecule has 0 aromatic rings. The van der Waals surface area contributed by atoms with Crippen molar-refractivity contribution in [2.24, 2.45) is 0 Å². The van der Waals surface area contributed by atoms with Gasteiger partial charge in [0.2, 0.25) is 0 Å². The molecule has 24 heavy (non-hydrogen) atoms. The second-order valence-corrected chi connectivity index (χ2v) is 0.894. The van der Waals surface area contributed by atoms with Crippen molar-refractivity contribution in [3.05, 3.63) is 61.3 Å². The van der Waals surface area contributed by atoms with Crippen LogP contribution < -0.4 is 0 Å². The van der Waals surface area contributed by atoms with Crippen molar-refractivity contribution < 1.29 is 89.5 Å². The van der Waals surface area contributed by atoms with Gasteiger partial charge in [0.15, 0.2) is 0 Å². The van der Waals surface area contributed by atoms with Crippen molar-refractivity contribution in [1.82, 2.24) is 0 Å². The molecule has 0 saturated carbocycles. The molecule has 24 heteroatoms. The van der Waals surface area contributed by atoms with Crippen molar-refractivity contribution in [3.8, 4) is 0 Å². The van der Waals surface area contributed by atoms with Crippen LogP contribution in [0, 0.1) is 61.3 Å². The summed E-state index contributed by atoms with van der Waals surface area (Å²) in [6.07, 6.45) is 0. The van der Waals surface area contributed by atoms with Gasteiger partial charge >= 0.3 is 36.3 Å². The van der Waals surface area contributed by atoms with E-state index in [0.29, 0.717) is 0 Å². The summed E-state index contributed by atoms with van der Waals surface area (Å²) in [5.41, 5.74) is 0. The van der Waals surface area contributed by atoms with Crippen LogP contribution in [0.15, 0.2) is 0 Å². The van der Waals surface area contributed by atoms with E-state index in [4.69, 9.17) is 61.3 Å². The van der Waals surface area contributed by atoms with Gasteiger partial charge < -0.3 is 94.1 Å². The molecule has 0 rings (SSSR count). The third-order valence-corrected chi connectivity index (χ3v) is 0. The third kappa shape index (κ3) is 1290. The van der Waals surface area contributed by atoms with Crippen LogP contribution in [0.25, 0.3) is 0 Å². The average Bonchev–Trinajstić information content (AvgIpc) is 1.76. The van der Waals surface area contributed by atoms with Crippen LogP contribution >= 0.6 is 0 Å². The van der Waals surface area contributed by atoms with Gasteiger partial charge in [-0.2, -0.15) is 0 Å². The molecule has 0 spiro atoms. The summed E-state index contributed by atoms with van der Waals surface area (Å²) in [7, 11) is 0. The zero-order valence-electron chi connectivity index (χ0n) is 10.7. The molecule has 22 nitrogen and oxygen atoms in total. The van der Waals surface area contributed by atoms with Crippen molar-refractivity contribution in [2.45, 2.75) is 0 Å². The Balaban J connectivity index is -0.00000000720. The number of hydrogen-bond donors (Lipinski definition) is 0. The van der Waals surface area contributed by atoms with Gasteiger partial charge in [-0.25, -0.2) is 0 Å². The van der Waals surface area contributed by atoms with E-state index in [-0.39, 0.29) is 69.1 Å². The Hall–Kier alpha value is -2.31. The van der Waals surface area contributed by atoms with E-state index in [1.807, 2.05) is 0 Å². The van der Waals surface area contributed by atoms with Crippen LogP contribution in [-0.2, 0) is 36.3 Å². The molecule has 0 saturated heterocycles. The monoisotopic (exact) mass is 479 g/mol. The van der Waals surface area contributed by atoms with Crippen molar-refractivity contribution in [1.29, 1.82) is 0 Å². The van der Waals surface area contributed by atoms with Gasteiger partial charge in [0.25, 0.3) is 0 Å². The normalized spacial score (nSPS) is 4.00. The molecule has 12 N–H and O–H groups in total. The van der Waals surface area contributed by atoms with E-state index in [1.165, 1.54) is 0 Å². The Morgan fingerprint density at radius 2 is 0.375 bits per heavy atom. The molecule has 151 valence electrons. The number of rotatable bonds is 0. The van der Waals surface area contributed by atoms with E-state index in [9.17, 15) is 0 Å². The van der Waals surface area contributed by atoms with Crippen LogP contribution in [0.5, 0.6) is 0 Å². The van der Waals surface area contributed by atoms with Crippen LogP contribution in [0.3, 0.4) is 0 Å². The average molecular weight is 480 g/mol. The van der Waals surface area contributed by atoms with Gasteiger partial charge in [-0.1, -0.05) is 0 Å². The number of nitrogens with zero attached hydrogens (tertiary/aromatic N) is 4. The Morgan fingerprint density at radius 1 is 0.375 bits per heavy atom. The molecule has 0 aromatic heterocycles. The maximum atomic E-state index is 8.25. The van der Waals surface area contributed by atoms with Gasteiger partial charge in [-0.3, -0.25) is 0 Å². The zero-order chi connectivity index (χ0) is 14.3. The van der Waals surface area contributed by atoms with Crippen LogP contribution in [0.1, 0.15) is 0 Å². The minimum Gasteiger partial charge on any atom is -0.412 e. The molecule has 0 atom stereocenters. The van der Waals surface area contributed by atoms with Crippen molar-refractivity contribution in [2.75, 3.05) is 0 Å². The van der Waals surface area contributed by atoms with E-state index < -0.39 is 20.3 Å². The van der Waals surface area contributed by atoms with Gasteiger partial charge in [-0.05, 0) is 0 Å². The van der Waals surface area contributed by atoms with E-state index in [2.05, 4.69) is 0 Å².